The molecule has 0 aliphatic heterocycles. The Balaban J connectivity index is 1.56. The van der Waals surface area contributed by atoms with Crippen LogP contribution in [-0.4, -0.2) is 26.9 Å². The Morgan fingerprint density at radius 3 is 2.33 bits per heavy atom. The zero-order valence-electron chi connectivity index (χ0n) is 16.5. The van der Waals surface area contributed by atoms with Gasteiger partial charge in [-0.3, -0.25) is 4.79 Å². The van der Waals surface area contributed by atoms with Gasteiger partial charge in [0.2, 0.25) is 10.0 Å². The van der Waals surface area contributed by atoms with Gasteiger partial charge in [-0.1, -0.05) is 66.4 Å². The quantitative estimate of drug-likeness (QED) is 0.621. The molecule has 2 saturated carbocycles. The van der Waals surface area contributed by atoms with Gasteiger partial charge in [0.15, 0.2) is 0 Å². The molecule has 5 nitrogen and oxygen atoms in total. The maximum Gasteiger partial charge on any atom is 0.252 e. The minimum Gasteiger partial charge on any atom is -0.351 e. The maximum atomic E-state index is 13.0. The van der Waals surface area contributed by atoms with E-state index in [0.717, 1.165) is 38.5 Å². The van der Waals surface area contributed by atoms with Crippen LogP contribution >= 0.6 is 23.2 Å². The average molecular weight is 467 g/mol. The third kappa shape index (κ3) is 4.52. The van der Waals surface area contributed by atoms with Crippen LogP contribution < -0.4 is 10.0 Å². The molecule has 2 fully saturated rings. The minimum atomic E-state index is -3.81. The highest BCUT2D eigenvalue weighted by atomic mass is 35.5. The SMILES string of the molecule is O=C(NCC1(c2ccccc2)CCCC1)c1cc(S(=O)(=O)NC2CC2)c(Cl)cc1Cl. The second-order valence-electron chi connectivity index (χ2n) is 8.19. The van der Waals surface area contributed by atoms with Crippen molar-refractivity contribution in [1.82, 2.24) is 10.0 Å². The molecule has 0 bridgehead atoms. The topological polar surface area (TPSA) is 75.3 Å². The molecule has 2 N–H and O–H groups in total. The monoisotopic (exact) mass is 466 g/mol. The third-order valence-corrected chi connectivity index (χ3v) is 8.29. The lowest BCUT2D eigenvalue weighted by Crippen LogP contribution is -2.39. The predicted molar refractivity (Wildman–Crippen MR) is 119 cm³/mol. The number of nitrogens with one attached hydrogen (secondary N) is 2. The molecule has 0 unspecified atom stereocenters. The highest BCUT2D eigenvalue weighted by Gasteiger charge is 2.36. The van der Waals surface area contributed by atoms with Crippen molar-refractivity contribution in [2.45, 2.75) is 54.9 Å². The van der Waals surface area contributed by atoms with Crippen molar-refractivity contribution < 1.29 is 13.2 Å². The van der Waals surface area contributed by atoms with Gasteiger partial charge in [-0.25, -0.2) is 13.1 Å². The first-order valence-corrected chi connectivity index (χ1v) is 12.4. The lowest BCUT2D eigenvalue weighted by molar-refractivity contribution is 0.0943. The van der Waals surface area contributed by atoms with Gasteiger partial charge >= 0.3 is 0 Å². The molecule has 0 radical (unpaired) electrons. The molecule has 2 aliphatic carbocycles. The molecule has 160 valence electrons. The van der Waals surface area contributed by atoms with E-state index >= 15 is 0 Å². The van der Waals surface area contributed by atoms with Crippen LogP contribution in [0.4, 0.5) is 0 Å². The Kier molecular flexibility index (Phi) is 6.13. The van der Waals surface area contributed by atoms with Crippen molar-refractivity contribution in [3.05, 3.63) is 63.6 Å². The van der Waals surface area contributed by atoms with E-state index in [-0.39, 0.29) is 32.0 Å². The summed E-state index contributed by atoms with van der Waals surface area (Å²) in [5, 5.41) is 3.12. The van der Waals surface area contributed by atoms with Gasteiger partial charge < -0.3 is 5.32 Å². The Morgan fingerprint density at radius 2 is 1.70 bits per heavy atom. The fraction of sp³-hybridized carbons (Fsp3) is 0.409. The summed E-state index contributed by atoms with van der Waals surface area (Å²) in [6.45, 7) is 0.469. The van der Waals surface area contributed by atoms with E-state index in [9.17, 15) is 13.2 Å². The van der Waals surface area contributed by atoms with Crippen molar-refractivity contribution in [3.8, 4) is 0 Å². The van der Waals surface area contributed by atoms with Gasteiger partial charge in [0.05, 0.1) is 15.6 Å². The summed E-state index contributed by atoms with van der Waals surface area (Å²) in [4.78, 5) is 12.8. The first kappa shape index (κ1) is 21.6. The Morgan fingerprint density at radius 1 is 1.03 bits per heavy atom. The number of carbonyl (C=O) groups excluding carboxylic acids is 1. The van der Waals surface area contributed by atoms with Crippen LogP contribution in [-0.2, 0) is 15.4 Å². The van der Waals surface area contributed by atoms with Crippen molar-refractivity contribution in [3.63, 3.8) is 0 Å². The zero-order chi connectivity index (χ0) is 21.4. The summed E-state index contributed by atoms with van der Waals surface area (Å²) in [5.41, 5.74) is 1.21. The number of hydrogen-bond donors (Lipinski definition) is 2. The van der Waals surface area contributed by atoms with E-state index in [1.165, 1.54) is 17.7 Å². The van der Waals surface area contributed by atoms with Crippen molar-refractivity contribution in [1.29, 1.82) is 0 Å². The van der Waals surface area contributed by atoms with Gasteiger partial charge in [-0.15, -0.1) is 0 Å². The predicted octanol–water partition coefficient (Wildman–Crippen LogP) is 4.68. The van der Waals surface area contributed by atoms with Crippen molar-refractivity contribution >= 4 is 39.1 Å². The Hall–Kier alpha value is -1.60. The van der Waals surface area contributed by atoms with Crippen LogP contribution in [0.1, 0.15) is 54.4 Å². The van der Waals surface area contributed by atoms with Crippen LogP contribution in [0.3, 0.4) is 0 Å². The number of sulfonamides is 1. The molecule has 1 amide bonds. The van der Waals surface area contributed by atoms with E-state index in [2.05, 4.69) is 22.2 Å². The average Bonchev–Trinajstić information content (AvgIpc) is 3.38. The zero-order valence-corrected chi connectivity index (χ0v) is 18.8. The molecule has 2 aromatic carbocycles. The number of benzene rings is 2. The normalized spacial score (nSPS) is 18.3. The summed E-state index contributed by atoms with van der Waals surface area (Å²) >= 11 is 12.4. The molecule has 0 atom stereocenters. The smallest absolute Gasteiger partial charge is 0.252 e. The number of carbonyl (C=O) groups is 1. The van der Waals surface area contributed by atoms with E-state index < -0.39 is 15.9 Å². The summed E-state index contributed by atoms with van der Waals surface area (Å²) in [6.07, 6.45) is 5.83. The summed E-state index contributed by atoms with van der Waals surface area (Å²) in [6, 6.07) is 12.7. The van der Waals surface area contributed by atoms with E-state index in [1.807, 2.05) is 18.2 Å². The highest BCUT2D eigenvalue weighted by Crippen LogP contribution is 2.40. The second kappa shape index (κ2) is 8.50. The molecule has 8 heteroatoms. The molecule has 2 aliphatic rings. The number of halogens is 2. The third-order valence-electron chi connectivity index (χ3n) is 5.99. The number of rotatable bonds is 7. The van der Waals surface area contributed by atoms with E-state index in [4.69, 9.17) is 23.2 Å². The number of amides is 1. The maximum absolute atomic E-state index is 13.0. The largest absolute Gasteiger partial charge is 0.351 e. The van der Waals surface area contributed by atoms with Crippen molar-refractivity contribution in [2.75, 3.05) is 6.54 Å². The molecule has 0 aromatic heterocycles. The standard InChI is InChI=1S/C22H24Cl2N2O3S/c23-18-13-19(24)20(30(28,29)26-16-8-9-16)12-17(18)21(27)25-14-22(10-4-5-11-22)15-6-2-1-3-7-15/h1-3,6-7,12-13,16,26H,4-5,8-11,14H2,(H,25,27). The molecule has 30 heavy (non-hydrogen) atoms. The molecule has 0 saturated heterocycles. The summed E-state index contributed by atoms with van der Waals surface area (Å²) < 4.78 is 27.8. The van der Waals surface area contributed by atoms with Crippen molar-refractivity contribution in [2.24, 2.45) is 0 Å². The first-order chi connectivity index (χ1) is 14.3. The lowest BCUT2D eigenvalue weighted by Gasteiger charge is -2.30. The van der Waals surface area contributed by atoms with Crippen LogP contribution in [0.5, 0.6) is 0 Å². The van der Waals surface area contributed by atoms with Crippen LogP contribution in [0.25, 0.3) is 0 Å². The molecule has 0 heterocycles. The lowest BCUT2D eigenvalue weighted by atomic mass is 9.79. The number of hydrogen-bond acceptors (Lipinski definition) is 3. The summed E-state index contributed by atoms with van der Waals surface area (Å²) in [5.74, 6) is -0.401. The van der Waals surface area contributed by atoms with E-state index in [1.54, 1.807) is 0 Å². The molecule has 2 aromatic rings. The molecular formula is C22H24Cl2N2O3S. The van der Waals surface area contributed by atoms with E-state index in [0.29, 0.717) is 6.54 Å². The minimum absolute atomic E-state index is 0.00116. The first-order valence-electron chi connectivity index (χ1n) is 10.2. The second-order valence-corrected chi connectivity index (χ2v) is 10.7. The van der Waals surface area contributed by atoms with Crippen LogP contribution in [0.15, 0.2) is 47.4 Å². The van der Waals surface area contributed by atoms with Gasteiger partial charge in [0.25, 0.3) is 5.91 Å². The molecule has 0 spiro atoms. The Labute approximate surface area is 187 Å². The van der Waals surface area contributed by atoms with Gasteiger partial charge in [-0.2, -0.15) is 0 Å². The highest BCUT2D eigenvalue weighted by molar-refractivity contribution is 7.89. The Bertz CT molecular complexity index is 1050. The van der Waals surface area contributed by atoms with Gasteiger partial charge in [0.1, 0.15) is 4.90 Å². The van der Waals surface area contributed by atoms with Crippen LogP contribution in [0, 0.1) is 0 Å². The fourth-order valence-electron chi connectivity index (χ4n) is 4.15. The molecule has 4 rings (SSSR count). The van der Waals surface area contributed by atoms with Gasteiger partial charge in [0, 0.05) is 18.0 Å². The summed E-state index contributed by atoms with van der Waals surface area (Å²) in [7, 11) is -3.81. The van der Waals surface area contributed by atoms with Crippen LogP contribution in [0.2, 0.25) is 10.0 Å². The fourth-order valence-corrected chi connectivity index (χ4v) is 6.31. The van der Waals surface area contributed by atoms with Gasteiger partial charge in [-0.05, 0) is 43.4 Å². The molecular weight excluding hydrogens is 443 g/mol.